The summed E-state index contributed by atoms with van der Waals surface area (Å²) in [5, 5.41) is 5.84. The van der Waals surface area contributed by atoms with Gasteiger partial charge in [-0.2, -0.15) is 4.39 Å². The fourth-order valence-electron chi connectivity index (χ4n) is 5.14. The number of nitrogens with one attached hydrogen (secondary N) is 2. The molecule has 0 spiro atoms. The van der Waals surface area contributed by atoms with Crippen LogP contribution in [0, 0.1) is 25.6 Å². The molecule has 40 heavy (non-hydrogen) atoms. The number of rotatable bonds is 7. The first kappa shape index (κ1) is 28.1. The molecule has 3 aliphatic rings. The third-order valence-corrected chi connectivity index (χ3v) is 7.68. The fourth-order valence-corrected chi connectivity index (χ4v) is 5.14. The van der Waals surface area contributed by atoms with E-state index in [-0.39, 0.29) is 17.4 Å². The van der Waals surface area contributed by atoms with Gasteiger partial charge in [0.2, 0.25) is 12.4 Å². The number of piperidine rings is 1. The second-order valence-electron chi connectivity index (χ2n) is 10.7. The minimum Gasteiger partial charge on any atom is -0.380 e. The number of anilines is 1. The monoisotopic (exact) mass is 556 g/mol. The molecular weight excluding hydrogens is 521 g/mol. The van der Waals surface area contributed by atoms with Crippen LogP contribution in [-0.4, -0.2) is 76.4 Å². The van der Waals surface area contributed by atoms with Gasteiger partial charge in [0.1, 0.15) is 12.0 Å². The lowest BCUT2D eigenvalue weighted by Crippen LogP contribution is -2.51. The van der Waals surface area contributed by atoms with Crippen molar-refractivity contribution in [3.8, 4) is 16.9 Å². The zero-order valence-electron chi connectivity index (χ0n) is 22.7. The number of pyridine rings is 1. The lowest BCUT2D eigenvalue weighted by Gasteiger charge is -2.38. The molecule has 1 amide bonds. The molecule has 2 aliphatic heterocycles. The highest BCUT2D eigenvalue weighted by molar-refractivity contribution is 5.64. The van der Waals surface area contributed by atoms with Crippen LogP contribution in [-0.2, 0) is 9.53 Å². The Morgan fingerprint density at radius 2 is 1.90 bits per heavy atom. The van der Waals surface area contributed by atoms with E-state index < -0.39 is 12.1 Å². The number of likely N-dealkylation sites (tertiary alicyclic amines) is 1. The average Bonchev–Trinajstić information content (AvgIpc) is 3.37. The van der Waals surface area contributed by atoms with Crippen molar-refractivity contribution in [1.82, 2.24) is 24.8 Å². The number of imidazole rings is 1. The highest BCUT2D eigenvalue weighted by Crippen LogP contribution is 2.28. The van der Waals surface area contributed by atoms with Gasteiger partial charge in [0.05, 0.1) is 42.1 Å². The molecule has 2 saturated heterocycles. The highest BCUT2D eigenvalue weighted by atomic mass is 19.1. The van der Waals surface area contributed by atoms with Crippen LogP contribution in [0.15, 0.2) is 36.9 Å². The topological polar surface area (TPSA) is 84.3 Å². The van der Waals surface area contributed by atoms with E-state index in [4.69, 9.17) is 4.74 Å². The van der Waals surface area contributed by atoms with Gasteiger partial charge in [-0.05, 0) is 68.9 Å². The number of amides is 1. The Bertz CT molecular complexity index is 1330. The van der Waals surface area contributed by atoms with E-state index >= 15 is 0 Å². The number of aromatic nitrogens is 3. The third-order valence-electron chi connectivity index (χ3n) is 7.68. The van der Waals surface area contributed by atoms with Gasteiger partial charge in [0, 0.05) is 43.7 Å². The molecule has 1 saturated carbocycles. The number of alkyl halides is 1. The van der Waals surface area contributed by atoms with E-state index in [1.54, 1.807) is 36.1 Å². The third kappa shape index (κ3) is 6.64. The molecule has 3 fully saturated rings. The molecule has 1 aliphatic carbocycles. The van der Waals surface area contributed by atoms with Crippen LogP contribution in [0.2, 0.25) is 0 Å². The van der Waals surface area contributed by atoms with Crippen molar-refractivity contribution < 1.29 is 22.7 Å². The molecule has 1 aromatic carbocycles. The van der Waals surface area contributed by atoms with E-state index in [0.717, 1.165) is 37.2 Å². The van der Waals surface area contributed by atoms with Crippen LogP contribution in [0.5, 0.6) is 0 Å². The molecular formula is C29H35F3N6O2. The summed E-state index contributed by atoms with van der Waals surface area (Å²) in [6.07, 6.45) is 8.29. The van der Waals surface area contributed by atoms with Crippen molar-refractivity contribution in [2.75, 3.05) is 31.6 Å². The first-order chi connectivity index (χ1) is 19.3. The Kier molecular flexibility index (Phi) is 8.70. The predicted octanol–water partition coefficient (Wildman–Crippen LogP) is 4.34. The summed E-state index contributed by atoms with van der Waals surface area (Å²) in [7, 11) is 0. The highest BCUT2D eigenvalue weighted by Gasteiger charge is 2.34. The number of nitrogens with zero attached hydrogens (tertiary/aromatic N) is 4. The van der Waals surface area contributed by atoms with Crippen LogP contribution in [0.4, 0.5) is 18.9 Å². The van der Waals surface area contributed by atoms with Gasteiger partial charge in [-0.15, -0.1) is 0 Å². The lowest BCUT2D eigenvalue weighted by molar-refractivity contribution is -0.109. The Balaban J connectivity index is 0.000000477. The zero-order chi connectivity index (χ0) is 28.2. The molecule has 3 aromatic rings. The fraction of sp³-hybridized carbons (Fsp3) is 0.483. The van der Waals surface area contributed by atoms with Gasteiger partial charge < -0.3 is 19.9 Å². The van der Waals surface area contributed by atoms with Crippen LogP contribution in [0.3, 0.4) is 0 Å². The molecule has 3 unspecified atom stereocenters. The van der Waals surface area contributed by atoms with Crippen molar-refractivity contribution in [3.63, 3.8) is 0 Å². The summed E-state index contributed by atoms with van der Waals surface area (Å²) in [4.78, 5) is 19.9. The molecule has 214 valence electrons. The maximum Gasteiger partial charge on any atom is 0.222 e. The summed E-state index contributed by atoms with van der Waals surface area (Å²) in [5.74, 6) is -0.931. The SMILES string of the molecule is Cc1cc(-n2cnc(-c3cc(NC4CCN(C5CCOC5)CC4F)cnc3F)c2)c(C)cc1F.O=CNC1CC1. The van der Waals surface area contributed by atoms with Gasteiger partial charge in [0.25, 0.3) is 0 Å². The number of hydrogen-bond donors (Lipinski definition) is 2. The maximum atomic E-state index is 14.9. The summed E-state index contributed by atoms with van der Waals surface area (Å²) in [6, 6.07) is 5.26. The van der Waals surface area contributed by atoms with Crippen LogP contribution in [0.1, 0.15) is 36.8 Å². The van der Waals surface area contributed by atoms with Crippen molar-refractivity contribution in [2.24, 2.45) is 0 Å². The Morgan fingerprint density at radius 3 is 2.58 bits per heavy atom. The number of carbonyl (C=O) groups excluding carboxylic acids is 1. The van der Waals surface area contributed by atoms with Gasteiger partial charge in [-0.3, -0.25) is 9.69 Å². The van der Waals surface area contributed by atoms with E-state index in [1.165, 1.54) is 25.1 Å². The molecule has 8 nitrogen and oxygen atoms in total. The molecule has 4 heterocycles. The van der Waals surface area contributed by atoms with E-state index in [0.29, 0.717) is 48.6 Å². The van der Waals surface area contributed by atoms with E-state index in [1.807, 2.05) is 6.92 Å². The number of hydrogen-bond acceptors (Lipinski definition) is 6. The normalized spacial score (nSPS) is 22.9. The Morgan fingerprint density at radius 1 is 1.07 bits per heavy atom. The molecule has 2 N–H and O–H groups in total. The molecule has 3 atom stereocenters. The summed E-state index contributed by atoms with van der Waals surface area (Å²) in [6.45, 7) is 6.05. The second-order valence-corrected chi connectivity index (χ2v) is 10.7. The van der Waals surface area contributed by atoms with Crippen molar-refractivity contribution in [1.29, 1.82) is 0 Å². The van der Waals surface area contributed by atoms with Gasteiger partial charge in [0.15, 0.2) is 0 Å². The predicted molar refractivity (Wildman–Crippen MR) is 146 cm³/mol. The molecule has 0 bridgehead atoms. The minimum atomic E-state index is -1.05. The van der Waals surface area contributed by atoms with Crippen LogP contribution >= 0.6 is 0 Å². The quantitative estimate of drug-likeness (QED) is 0.333. The number of halogens is 3. The van der Waals surface area contributed by atoms with Crippen LogP contribution < -0.4 is 10.6 Å². The Hall–Kier alpha value is -3.44. The summed E-state index contributed by atoms with van der Waals surface area (Å²) >= 11 is 0. The lowest BCUT2D eigenvalue weighted by atomic mass is 10.0. The first-order valence-electron chi connectivity index (χ1n) is 13.7. The Labute approximate surface area is 231 Å². The first-order valence-corrected chi connectivity index (χ1v) is 13.7. The van der Waals surface area contributed by atoms with E-state index in [9.17, 15) is 18.0 Å². The summed E-state index contributed by atoms with van der Waals surface area (Å²) < 4.78 is 50.6. The van der Waals surface area contributed by atoms with Gasteiger partial charge in [-0.25, -0.2) is 18.7 Å². The largest absolute Gasteiger partial charge is 0.380 e. The summed E-state index contributed by atoms with van der Waals surface area (Å²) in [5.41, 5.74) is 3.18. The minimum absolute atomic E-state index is 0.219. The molecule has 6 rings (SSSR count). The molecule has 2 aromatic heterocycles. The smallest absolute Gasteiger partial charge is 0.222 e. The van der Waals surface area contributed by atoms with Crippen LogP contribution in [0.25, 0.3) is 16.9 Å². The number of carbonyl (C=O) groups is 1. The number of ether oxygens (including phenoxy) is 1. The number of benzene rings is 1. The van der Waals surface area contributed by atoms with Gasteiger partial charge in [-0.1, -0.05) is 0 Å². The van der Waals surface area contributed by atoms with E-state index in [2.05, 4.69) is 25.5 Å². The standard InChI is InChI=1S/C25H28F3N5O.C4H7NO/c1-15-8-24(16(2)7-20(15)26)33-12-23(30-14-33)19-9-17(10-29-25(19)28)31-22-3-5-32(11-21(22)27)18-4-6-34-13-18;6-3-5-4-1-2-4/h7-10,12,14,18,21-22,31H,3-6,11,13H2,1-2H3;3-4H,1-2H2,(H,5,6). The molecule has 11 heteroatoms. The second kappa shape index (κ2) is 12.4. The van der Waals surface area contributed by atoms with Gasteiger partial charge >= 0.3 is 0 Å². The maximum absolute atomic E-state index is 14.9. The van der Waals surface area contributed by atoms with Crippen molar-refractivity contribution in [3.05, 3.63) is 59.8 Å². The molecule has 0 radical (unpaired) electrons. The van der Waals surface area contributed by atoms with Crippen molar-refractivity contribution in [2.45, 2.75) is 63.8 Å². The average molecular weight is 557 g/mol. The zero-order valence-corrected chi connectivity index (χ0v) is 22.7. The van der Waals surface area contributed by atoms with Crippen molar-refractivity contribution >= 4 is 12.1 Å². The number of aryl methyl sites for hydroxylation is 2.